The van der Waals surface area contributed by atoms with Crippen LogP contribution in [0.15, 0.2) is 48.0 Å². The molecule has 7 nitrogen and oxygen atoms in total. The number of hydrogen-bond acceptors (Lipinski definition) is 6. The van der Waals surface area contributed by atoms with Crippen molar-refractivity contribution in [3.8, 4) is 0 Å². The first-order valence-corrected chi connectivity index (χ1v) is 14.2. The molecule has 192 valence electrons. The second-order valence-electron chi connectivity index (χ2n) is 8.77. The maximum absolute atomic E-state index is 13.3. The topological polar surface area (TPSA) is 102 Å². The quantitative estimate of drug-likeness (QED) is 0.161. The molecule has 2 N–H and O–H groups in total. The normalized spacial score (nSPS) is 14.5. The van der Waals surface area contributed by atoms with E-state index in [0.717, 1.165) is 4.70 Å². The van der Waals surface area contributed by atoms with Crippen molar-refractivity contribution in [1.29, 1.82) is 0 Å². The van der Waals surface area contributed by atoms with Gasteiger partial charge in [-0.3, -0.25) is 18.7 Å². The third kappa shape index (κ3) is 7.33. The standard InChI is InChI=1S/C24H23Cl3NO6PS/c1-24(2,3)23(30)33-13-34-35(31,32)21(19-12-36-20-5-4-15(25)11-18(19)20)22(29)28-7-6-14-8-16(26)10-17(27)9-14/h4-12,21H,13H2,1-3H3,(H,28,29)(H,31,32)/b7-6+. The van der Waals surface area contributed by atoms with Crippen LogP contribution in [-0.2, 0) is 23.4 Å². The van der Waals surface area contributed by atoms with Gasteiger partial charge in [0.2, 0.25) is 12.7 Å². The van der Waals surface area contributed by atoms with Crippen LogP contribution in [0.5, 0.6) is 0 Å². The van der Waals surface area contributed by atoms with Gasteiger partial charge < -0.3 is 14.9 Å². The first kappa shape index (κ1) is 28.7. The van der Waals surface area contributed by atoms with Gasteiger partial charge in [-0.1, -0.05) is 34.8 Å². The third-order valence-electron chi connectivity index (χ3n) is 4.86. The molecule has 2 unspecified atom stereocenters. The average Bonchev–Trinajstić information content (AvgIpc) is 3.14. The van der Waals surface area contributed by atoms with Gasteiger partial charge in [0.05, 0.1) is 5.41 Å². The largest absolute Gasteiger partial charge is 0.438 e. The molecule has 2 aromatic carbocycles. The highest BCUT2D eigenvalue weighted by atomic mass is 35.5. The number of amides is 1. The summed E-state index contributed by atoms with van der Waals surface area (Å²) in [5.41, 5.74) is -1.61. The number of nitrogens with one attached hydrogen (secondary N) is 1. The Balaban J connectivity index is 1.90. The van der Waals surface area contributed by atoms with Crippen LogP contribution in [0.3, 0.4) is 0 Å². The fraction of sp³-hybridized carbons (Fsp3) is 0.250. The predicted molar refractivity (Wildman–Crippen MR) is 145 cm³/mol. The van der Waals surface area contributed by atoms with Crippen molar-refractivity contribution in [2.75, 3.05) is 6.79 Å². The summed E-state index contributed by atoms with van der Waals surface area (Å²) in [4.78, 5) is 36.1. The number of ether oxygens (including phenoxy) is 1. The molecular formula is C24H23Cl3NO6PS. The van der Waals surface area contributed by atoms with Gasteiger partial charge in [-0.25, -0.2) is 0 Å². The number of carbonyl (C=O) groups is 2. The van der Waals surface area contributed by atoms with Crippen LogP contribution >= 0.6 is 53.7 Å². The highest BCUT2D eigenvalue weighted by Gasteiger charge is 2.42. The number of hydrogen-bond donors (Lipinski definition) is 2. The van der Waals surface area contributed by atoms with E-state index in [2.05, 4.69) is 5.32 Å². The van der Waals surface area contributed by atoms with E-state index in [-0.39, 0.29) is 5.56 Å². The number of esters is 1. The van der Waals surface area contributed by atoms with Crippen LogP contribution in [-0.4, -0.2) is 23.6 Å². The molecule has 12 heteroatoms. The summed E-state index contributed by atoms with van der Waals surface area (Å²) in [5, 5.41) is 5.85. The minimum absolute atomic E-state index is 0.252. The van der Waals surface area contributed by atoms with Gasteiger partial charge in [0.15, 0.2) is 5.66 Å². The van der Waals surface area contributed by atoms with Crippen molar-refractivity contribution < 1.29 is 28.3 Å². The molecule has 2 atom stereocenters. The van der Waals surface area contributed by atoms with E-state index in [1.165, 1.54) is 23.6 Å². The summed E-state index contributed by atoms with van der Waals surface area (Å²) >= 11 is 19.4. The summed E-state index contributed by atoms with van der Waals surface area (Å²) < 4.78 is 24.2. The molecule has 0 radical (unpaired) electrons. The van der Waals surface area contributed by atoms with Gasteiger partial charge in [0, 0.05) is 26.0 Å². The molecule has 1 aromatic heterocycles. The van der Waals surface area contributed by atoms with Gasteiger partial charge >= 0.3 is 13.6 Å². The van der Waals surface area contributed by atoms with Crippen LogP contribution in [0.4, 0.5) is 0 Å². The Morgan fingerprint density at radius 2 is 1.78 bits per heavy atom. The Labute approximate surface area is 227 Å². The number of rotatable bonds is 8. The van der Waals surface area contributed by atoms with E-state index in [9.17, 15) is 19.0 Å². The number of halogens is 3. The zero-order valence-corrected chi connectivity index (χ0v) is 23.4. The molecule has 0 aliphatic rings. The number of carbonyl (C=O) groups excluding carboxylic acids is 2. The molecule has 0 saturated carbocycles. The predicted octanol–water partition coefficient (Wildman–Crippen LogP) is 7.44. The number of thiophene rings is 1. The smallest absolute Gasteiger partial charge is 0.347 e. The van der Waals surface area contributed by atoms with E-state index >= 15 is 0 Å². The summed E-state index contributed by atoms with van der Waals surface area (Å²) in [6.45, 7) is 4.09. The molecule has 3 rings (SSSR count). The van der Waals surface area contributed by atoms with E-state index in [1.807, 2.05) is 0 Å². The Morgan fingerprint density at radius 3 is 2.42 bits per heavy atom. The highest BCUT2D eigenvalue weighted by Crippen LogP contribution is 2.58. The van der Waals surface area contributed by atoms with Gasteiger partial charge in [0.25, 0.3) is 0 Å². The Morgan fingerprint density at radius 1 is 1.11 bits per heavy atom. The lowest BCUT2D eigenvalue weighted by atomic mass is 9.98. The van der Waals surface area contributed by atoms with Gasteiger partial charge in [-0.05, 0) is 85.1 Å². The van der Waals surface area contributed by atoms with Crippen LogP contribution < -0.4 is 5.32 Å². The average molecular weight is 591 g/mol. The molecular weight excluding hydrogens is 568 g/mol. The lowest BCUT2D eigenvalue weighted by Gasteiger charge is -2.22. The highest BCUT2D eigenvalue weighted by molar-refractivity contribution is 7.54. The van der Waals surface area contributed by atoms with E-state index in [1.54, 1.807) is 62.5 Å². The Bertz CT molecular complexity index is 1350. The van der Waals surface area contributed by atoms with Crippen molar-refractivity contribution in [3.63, 3.8) is 0 Å². The van der Waals surface area contributed by atoms with Gasteiger partial charge in [-0.15, -0.1) is 11.3 Å². The van der Waals surface area contributed by atoms with Gasteiger partial charge in [0.1, 0.15) is 0 Å². The maximum Gasteiger partial charge on any atom is 0.347 e. The summed E-state index contributed by atoms with van der Waals surface area (Å²) in [6, 6.07) is 9.86. The lowest BCUT2D eigenvalue weighted by Crippen LogP contribution is -2.27. The molecule has 0 spiro atoms. The monoisotopic (exact) mass is 589 g/mol. The van der Waals surface area contributed by atoms with Crippen molar-refractivity contribution in [2.24, 2.45) is 5.41 Å². The zero-order valence-electron chi connectivity index (χ0n) is 19.5. The third-order valence-corrected chi connectivity index (χ3v) is 8.15. The van der Waals surface area contributed by atoms with Crippen LogP contribution in [0.1, 0.15) is 37.6 Å². The molecule has 0 fully saturated rings. The lowest BCUT2D eigenvalue weighted by molar-refractivity contribution is -0.159. The number of benzene rings is 2. The van der Waals surface area contributed by atoms with Crippen molar-refractivity contribution in [3.05, 3.63) is 74.2 Å². The van der Waals surface area contributed by atoms with E-state index in [4.69, 9.17) is 44.1 Å². The van der Waals surface area contributed by atoms with Crippen LogP contribution in [0.25, 0.3) is 16.2 Å². The summed E-state index contributed by atoms with van der Waals surface area (Å²) in [6.07, 6.45) is 2.84. The van der Waals surface area contributed by atoms with Crippen LogP contribution in [0, 0.1) is 5.41 Å². The van der Waals surface area contributed by atoms with Crippen molar-refractivity contribution >= 4 is 81.8 Å². The van der Waals surface area contributed by atoms with E-state index in [0.29, 0.717) is 26.0 Å². The second kappa shape index (κ2) is 11.7. The SMILES string of the molecule is CC(C)(C)C(=O)OCOP(=O)(O)C(C(=O)N/C=C/c1cc(Cl)cc(Cl)c1)c1csc2ccc(Cl)cc12. The minimum Gasteiger partial charge on any atom is -0.438 e. The van der Waals surface area contributed by atoms with E-state index < -0.39 is 37.3 Å². The molecule has 0 aliphatic heterocycles. The molecule has 1 heterocycles. The molecule has 1 amide bonds. The molecule has 3 aromatic rings. The zero-order chi connectivity index (χ0) is 26.7. The molecule has 0 aliphatic carbocycles. The molecule has 36 heavy (non-hydrogen) atoms. The summed E-state index contributed by atoms with van der Waals surface area (Å²) in [7, 11) is -4.71. The summed E-state index contributed by atoms with van der Waals surface area (Å²) in [5.74, 6) is -1.44. The Hall–Kier alpha value is -1.90. The van der Waals surface area contributed by atoms with Crippen molar-refractivity contribution in [1.82, 2.24) is 5.32 Å². The molecule has 0 saturated heterocycles. The minimum atomic E-state index is -4.71. The first-order chi connectivity index (χ1) is 16.8. The first-order valence-electron chi connectivity index (χ1n) is 10.5. The second-order valence-corrected chi connectivity index (χ2v) is 12.9. The maximum atomic E-state index is 13.3. The van der Waals surface area contributed by atoms with Gasteiger partial charge in [-0.2, -0.15) is 0 Å². The van der Waals surface area contributed by atoms with Crippen LogP contribution in [0.2, 0.25) is 15.1 Å². The van der Waals surface area contributed by atoms with Crippen molar-refractivity contribution in [2.45, 2.75) is 26.4 Å². The Kier molecular flexibility index (Phi) is 9.28. The fourth-order valence-corrected chi connectivity index (χ4v) is 6.19. The fourth-order valence-electron chi connectivity index (χ4n) is 3.11. The number of fused-ring (bicyclic) bond motifs is 1. The molecule has 0 bridgehead atoms.